The van der Waals surface area contributed by atoms with Gasteiger partial charge in [0.1, 0.15) is 5.82 Å². The highest BCUT2D eigenvalue weighted by molar-refractivity contribution is 5.12. The van der Waals surface area contributed by atoms with Crippen molar-refractivity contribution in [1.82, 2.24) is 10.3 Å². The van der Waals surface area contributed by atoms with Gasteiger partial charge in [-0.1, -0.05) is 0 Å². The first-order valence-electron chi connectivity index (χ1n) is 7.73. The van der Waals surface area contributed by atoms with Crippen molar-refractivity contribution in [2.75, 3.05) is 26.9 Å². The average molecular weight is 294 g/mol. The topological polar surface area (TPSA) is 43.4 Å². The number of rotatable bonds is 3. The van der Waals surface area contributed by atoms with Crippen LogP contribution in [0.2, 0.25) is 0 Å². The summed E-state index contributed by atoms with van der Waals surface area (Å²) in [6.45, 7) is 2.35. The van der Waals surface area contributed by atoms with E-state index < -0.39 is 0 Å². The molecule has 1 aromatic heterocycles. The number of nitrogens with one attached hydrogen (secondary N) is 1. The van der Waals surface area contributed by atoms with E-state index in [0.29, 0.717) is 5.92 Å². The molecular weight excluding hydrogens is 271 g/mol. The fraction of sp³-hybridized carbons (Fsp3) is 0.688. The molecule has 3 heterocycles. The van der Waals surface area contributed by atoms with Crippen LogP contribution < -0.4 is 5.32 Å². The van der Waals surface area contributed by atoms with E-state index in [0.717, 1.165) is 51.2 Å². The highest BCUT2D eigenvalue weighted by Crippen LogP contribution is 2.41. The second kappa shape index (κ2) is 6.38. The Balaban J connectivity index is 1.75. The Hall–Kier alpha value is -1.04. The summed E-state index contributed by atoms with van der Waals surface area (Å²) < 4.78 is 24.6. The minimum Gasteiger partial charge on any atom is -0.381 e. The summed E-state index contributed by atoms with van der Waals surface area (Å²) in [6, 6.07) is 3.41. The Morgan fingerprint density at radius 2 is 2.14 bits per heavy atom. The second-order valence-corrected chi connectivity index (χ2v) is 6.06. The minimum absolute atomic E-state index is 0.0315. The van der Waals surface area contributed by atoms with Crippen LogP contribution in [-0.4, -0.2) is 37.5 Å². The summed E-state index contributed by atoms with van der Waals surface area (Å²) >= 11 is 0. The van der Waals surface area contributed by atoms with Gasteiger partial charge in [-0.2, -0.15) is 0 Å². The predicted octanol–water partition coefficient (Wildman–Crippen LogP) is 2.46. The van der Waals surface area contributed by atoms with Gasteiger partial charge in [-0.05, 0) is 50.8 Å². The van der Waals surface area contributed by atoms with E-state index >= 15 is 0 Å². The predicted molar refractivity (Wildman–Crippen MR) is 77.5 cm³/mol. The first kappa shape index (κ1) is 14.9. The maximum Gasteiger partial charge on any atom is 0.141 e. The third-order valence-electron chi connectivity index (χ3n) is 4.79. The molecule has 0 amide bonds. The first-order valence-corrected chi connectivity index (χ1v) is 7.73. The average Bonchev–Trinajstić information content (AvgIpc) is 2.51. The highest BCUT2D eigenvalue weighted by Gasteiger charge is 2.41. The smallest absolute Gasteiger partial charge is 0.141 e. The molecule has 2 aliphatic rings. The molecule has 3 rings (SSSR count). The van der Waals surface area contributed by atoms with E-state index in [1.807, 2.05) is 7.05 Å². The van der Waals surface area contributed by atoms with Crippen molar-refractivity contribution in [3.05, 3.63) is 29.8 Å². The van der Waals surface area contributed by atoms with Crippen molar-refractivity contribution >= 4 is 0 Å². The van der Waals surface area contributed by atoms with Gasteiger partial charge in [0.25, 0.3) is 0 Å². The Morgan fingerprint density at radius 3 is 2.81 bits per heavy atom. The van der Waals surface area contributed by atoms with E-state index in [1.165, 1.54) is 12.3 Å². The van der Waals surface area contributed by atoms with Crippen LogP contribution in [0.1, 0.15) is 37.4 Å². The zero-order chi connectivity index (χ0) is 14.7. The Bertz CT molecular complexity index is 454. The maximum absolute atomic E-state index is 13.1. The van der Waals surface area contributed by atoms with Crippen LogP contribution in [0.4, 0.5) is 4.39 Å². The Kier molecular flexibility index (Phi) is 4.52. The summed E-state index contributed by atoms with van der Waals surface area (Å²) in [6.07, 6.45) is 5.25. The number of nitrogens with zero attached hydrogens (tertiary/aromatic N) is 1. The maximum atomic E-state index is 13.1. The Morgan fingerprint density at radius 1 is 1.33 bits per heavy atom. The summed E-state index contributed by atoms with van der Waals surface area (Å²) in [5, 5.41) is 3.36. The largest absolute Gasteiger partial charge is 0.381 e. The lowest BCUT2D eigenvalue weighted by atomic mass is 9.77. The van der Waals surface area contributed by atoms with Crippen LogP contribution in [0, 0.1) is 11.7 Å². The molecule has 1 aromatic rings. The second-order valence-electron chi connectivity index (χ2n) is 6.06. The third-order valence-corrected chi connectivity index (χ3v) is 4.79. The van der Waals surface area contributed by atoms with Gasteiger partial charge in [0.05, 0.1) is 23.5 Å². The van der Waals surface area contributed by atoms with Gasteiger partial charge < -0.3 is 14.8 Å². The van der Waals surface area contributed by atoms with E-state index in [9.17, 15) is 4.39 Å². The van der Waals surface area contributed by atoms with Crippen LogP contribution in [0.25, 0.3) is 0 Å². The number of aromatic nitrogens is 1. The summed E-state index contributed by atoms with van der Waals surface area (Å²) in [4.78, 5) is 4.26. The van der Waals surface area contributed by atoms with Crippen molar-refractivity contribution in [3.63, 3.8) is 0 Å². The minimum atomic E-state index is -0.290. The van der Waals surface area contributed by atoms with Gasteiger partial charge >= 0.3 is 0 Å². The molecule has 5 heteroatoms. The van der Waals surface area contributed by atoms with Crippen molar-refractivity contribution in [3.8, 4) is 0 Å². The Labute approximate surface area is 125 Å². The SMILES string of the molecule is CNC(c1ccc(F)cn1)C1CCOC2(CCOCC2)C1. The normalized spacial score (nSPS) is 26.7. The van der Waals surface area contributed by atoms with Crippen molar-refractivity contribution < 1.29 is 13.9 Å². The molecule has 4 nitrogen and oxygen atoms in total. The van der Waals surface area contributed by atoms with Crippen LogP contribution >= 0.6 is 0 Å². The van der Waals surface area contributed by atoms with Crippen LogP contribution in [-0.2, 0) is 9.47 Å². The van der Waals surface area contributed by atoms with Crippen LogP contribution in [0.15, 0.2) is 18.3 Å². The van der Waals surface area contributed by atoms with E-state index in [-0.39, 0.29) is 17.5 Å². The number of halogens is 1. The van der Waals surface area contributed by atoms with Gasteiger partial charge in [0.2, 0.25) is 0 Å². The first-order chi connectivity index (χ1) is 10.2. The summed E-state index contributed by atoms with van der Waals surface area (Å²) in [7, 11) is 1.95. The van der Waals surface area contributed by atoms with E-state index in [4.69, 9.17) is 9.47 Å². The lowest BCUT2D eigenvalue weighted by Gasteiger charge is -2.45. The summed E-state index contributed by atoms with van der Waals surface area (Å²) in [5.41, 5.74) is 0.879. The third kappa shape index (κ3) is 3.25. The molecule has 1 spiro atoms. The molecule has 2 fully saturated rings. The fourth-order valence-electron chi connectivity index (χ4n) is 3.64. The molecule has 2 aliphatic heterocycles. The lowest BCUT2D eigenvalue weighted by molar-refractivity contribution is -0.150. The molecule has 2 atom stereocenters. The number of hydrogen-bond acceptors (Lipinski definition) is 4. The molecule has 1 N–H and O–H groups in total. The van der Waals surface area contributed by atoms with Crippen molar-refractivity contribution in [2.24, 2.45) is 5.92 Å². The number of ether oxygens (including phenoxy) is 2. The van der Waals surface area contributed by atoms with E-state index in [2.05, 4.69) is 10.3 Å². The molecule has 2 unspecified atom stereocenters. The lowest BCUT2D eigenvalue weighted by Crippen LogP contribution is -2.46. The number of pyridine rings is 1. The zero-order valence-electron chi connectivity index (χ0n) is 12.5. The molecule has 0 aliphatic carbocycles. The quantitative estimate of drug-likeness (QED) is 0.930. The molecule has 0 radical (unpaired) electrons. The van der Waals surface area contributed by atoms with Gasteiger partial charge in [0, 0.05) is 19.8 Å². The van der Waals surface area contributed by atoms with Gasteiger partial charge in [-0.3, -0.25) is 4.98 Å². The fourth-order valence-corrected chi connectivity index (χ4v) is 3.64. The monoisotopic (exact) mass is 294 g/mol. The molecule has 0 bridgehead atoms. The van der Waals surface area contributed by atoms with Crippen LogP contribution in [0.3, 0.4) is 0 Å². The standard InChI is InChI=1S/C16H23FN2O2/c1-18-15(14-3-2-13(17)11-19-14)12-4-7-21-16(10-12)5-8-20-9-6-16/h2-3,11-12,15,18H,4-10H2,1H3. The van der Waals surface area contributed by atoms with Crippen molar-refractivity contribution in [1.29, 1.82) is 0 Å². The van der Waals surface area contributed by atoms with Crippen LogP contribution in [0.5, 0.6) is 0 Å². The summed E-state index contributed by atoms with van der Waals surface area (Å²) in [5.74, 6) is 0.168. The number of hydrogen-bond donors (Lipinski definition) is 1. The molecule has 0 saturated carbocycles. The van der Waals surface area contributed by atoms with Gasteiger partial charge in [0.15, 0.2) is 0 Å². The van der Waals surface area contributed by atoms with Gasteiger partial charge in [-0.15, -0.1) is 0 Å². The highest BCUT2D eigenvalue weighted by atomic mass is 19.1. The molecule has 0 aromatic carbocycles. The van der Waals surface area contributed by atoms with Crippen molar-refractivity contribution in [2.45, 2.75) is 37.3 Å². The molecule has 116 valence electrons. The van der Waals surface area contributed by atoms with E-state index in [1.54, 1.807) is 6.07 Å². The molecule has 2 saturated heterocycles. The van der Waals surface area contributed by atoms with Gasteiger partial charge in [-0.25, -0.2) is 4.39 Å². The zero-order valence-corrected chi connectivity index (χ0v) is 12.5. The molecular formula is C16H23FN2O2. The molecule has 21 heavy (non-hydrogen) atoms.